The number of hydrogen-bond donors (Lipinski definition) is 0. The van der Waals surface area contributed by atoms with Crippen molar-refractivity contribution in [3.05, 3.63) is 10.8 Å². The fraction of sp³-hybridized carbons (Fsp3) is 0.600. The molecule has 0 spiro atoms. The van der Waals surface area contributed by atoms with Gasteiger partial charge in [-0.2, -0.15) is 4.52 Å². The average Bonchev–Trinajstić information content (AvgIpc) is 2.88. The van der Waals surface area contributed by atoms with Crippen LogP contribution in [-0.4, -0.2) is 44.2 Å². The molecular weight excluding hydrogens is 238 g/mol. The van der Waals surface area contributed by atoms with Crippen LogP contribution in [-0.2, 0) is 0 Å². The highest BCUT2D eigenvalue weighted by Gasteiger charge is 2.18. The van der Waals surface area contributed by atoms with Crippen molar-refractivity contribution in [2.75, 3.05) is 13.6 Å². The number of aromatic nitrogens is 4. The van der Waals surface area contributed by atoms with E-state index < -0.39 is 0 Å². The van der Waals surface area contributed by atoms with Crippen LogP contribution >= 0.6 is 11.3 Å². The van der Waals surface area contributed by atoms with Gasteiger partial charge in [0.05, 0.1) is 0 Å². The van der Waals surface area contributed by atoms with Crippen molar-refractivity contribution in [1.82, 2.24) is 24.7 Å². The second-order valence-electron chi connectivity index (χ2n) is 3.93. The summed E-state index contributed by atoms with van der Waals surface area (Å²) in [4.78, 5) is 14.4. The molecule has 7 heteroatoms. The Balaban J connectivity index is 2.18. The Kier molecular flexibility index (Phi) is 3.37. The van der Waals surface area contributed by atoms with Crippen LogP contribution in [0.3, 0.4) is 0 Å². The number of unbranched alkanes of at least 4 members (excludes halogenated alkanes) is 1. The van der Waals surface area contributed by atoms with E-state index in [2.05, 4.69) is 22.2 Å². The van der Waals surface area contributed by atoms with Gasteiger partial charge in [0.2, 0.25) is 9.97 Å². The van der Waals surface area contributed by atoms with E-state index in [9.17, 15) is 4.79 Å². The summed E-state index contributed by atoms with van der Waals surface area (Å²) in [5.41, 5.74) is 0. The SMILES string of the molecule is CCCCN(C)C(=O)c1nn2c(C)nnc2s1. The highest BCUT2D eigenvalue weighted by Crippen LogP contribution is 2.15. The molecule has 0 radical (unpaired) electrons. The molecular formula is C10H15N5OS. The van der Waals surface area contributed by atoms with Gasteiger partial charge >= 0.3 is 0 Å². The summed E-state index contributed by atoms with van der Waals surface area (Å²) in [6, 6.07) is 0. The normalized spacial score (nSPS) is 11.0. The quantitative estimate of drug-likeness (QED) is 0.825. The number of carbonyl (C=O) groups excluding carboxylic acids is 1. The Morgan fingerprint density at radius 2 is 2.24 bits per heavy atom. The van der Waals surface area contributed by atoms with E-state index in [0.717, 1.165) is 19.4 Å². The minimum absolute atomic E-state index is 0.0478. The van der Waals surface area contributed by atoms with Gasteiger partial charge in [0, 0.05) is 13.6 Å². The summed E-state index contributed by atoms with van der Waals surface area (Å²) in [6.07, 6.45) is 2.08. The lowest BCUT2D eigenvalue weighted by Gasteiger charge is -2.14. The zero-order valence-corrected chi connectivity index (χ0v) is 11.0. The van der Waals surface area contributed by atoms with Crippen molar-refractivity contribution < 1.29 is 4.79 Å². The monoisotopic (exact) mass is 253 g/mol. The maximum absolute atomic E-state index is 12.0. The minimum atomic E-state index is -0.0478. The van der Waals surface area contributed by atoms with Gasteiger partial charge in [0.25, 0.3) is 5.91 Å². The van der Waals surface area contributed by atoms with Gasteiger partial charge < -0.3 is 4.90 Å². The number of carbonyl (C=O) groups is 1. The molecule has 0 saturated heterocycles. The van der Waals surface area contributed by atoms with E-state index in [0.29, 0.717) is 15.8 Å². The third-order valence-electron chi connectivity index (χ3n) is 2.52. The number of aryl methyl sites for hydroxylation is 1. The van der Waals surface area contributed by atoms with Crippen LogP contribution in [0.15, 0.2) is 0 Å². The molecule has 0 fully saturated rings. The summed E-state index contributed by atoms with van der Waals surface area (Å²) < 4.78 is 1.60. The fourth-order valence-electron chi connectivity index (χ4n) is 1.46. The van der Waals surface area contributed by atoms with Crippen LogP contribution in [0.2, 0.25) is 0 Å². The van der Waals surface area contributed by atoms with Crippen molar-refractivity contribution in [1.29, 1.82) is 0 Å². The molecule has 2 aromatic heterocycles. The van der Waals surface area contributed by atoms with E-state index in [1.54, 1.807) is 16.5 Å². The van der Waals surface area contributed by atoms with Crippen molar-refractivity contribution >= 4 is 22.2 Å². The standard InChI is InChI=1S/C10H15N5OS/c1-4-5-6-14(3)9(16)8-13-15-7(2)11-12-10(15)17-8/h4-6H2,1-3H3. The Morgan fingerprint density at radius 1 is 1.47 bits per heavy atom. The predicted octanol–water partition coefficient (Wildman–Crippen LogP) is 1.37. The first-order chi connectivity index (χ1) is 8.13. The zero-order valence-electron chi connectivity index (χ0n) is 10.2. The maximum Gasteiger partial charge on any atom is 0.284 e. The van der Waals surface area contributed by atoms with Gasteiger partial charge in [-0.25, -0.2) is 0 Å². The molecule has 0 atom stereocenters. The van der Waals surface area contributed by atoms with Crippen LogP contribution in [0.1, 0.15) is 35.4 Å². The molecule has 0 bridgehead atoms. The average molecular weight is 253 g/mol. The first kappa shape index (κ1) is 12.0. The second kappa shape index (κ2) is 4.79. The summed E-state index contributed by atoms with van der Waals surface area (Å²) in [5, 5.41) is 12.5. The van der Waals surface area contributed by atoms with Gasteiger partial charge in [-0.05, 0) is 13.3 Å². The van der Waals surface area contributed by atoms with Gasteiger partial charge in [0.1, 0.15) is 0 Å². The van der Waals surface area contributed by atoms with Crippen LogP contribution in [0.25, 0.3) is 4.96 Å². The van der Waals surface area contributed by atoms with E-state index in [1.165, 1.54) is 11.3 Å². The molecule has 0 saturated carbocycles. The number of fused-ring (bicyclic) bond motifs is 1. The van der Waals surface area contributed by atoms with Gasteiger partial charge in [-0.15, -0.1) is 15.3 Å². The van der Waals surface area contributed by atoms with E-state index >= 15 is 0 Å². The van der Waals surface area contributed by atoms with Crippen LogP contribution in [0, 0.1) is 6.92 Å². The Hall–Kier alpha value is -1.50. The number of amides is 1. The number of rotatable bonds is 4. The largest absolute Gasteiger partial charge is 0.340 e. The molecule has 0 unspecified atom stereocenters. The third kappa shape index (κ3) is 2.28. The molecule has 0 aromatic carbocycles. The van der Waals surface area contributed by atoms with E-state index in [4.69, 9.17) is 0 Å². The van der Waals surface area contributed by atoms with Gasteiger partial charge in [-0.1, -0.05) is 24.7 Å². The van der Waals surface area contributed by atoms with Crippen molar-refractivity contribution in [2.24, 2.45) is 0 Å². The summed E-state index contributed by atoms with van der Waals surface area (Å²) in [7, 11) is 1.80. The Bertz CT molecular complexity index is 532. The highest BCUT2D eigenvalue weighted by atomic mass is 32.1. The summed E-state index contributed by atoms with van der Waals surface area (Å²) in [6.45, 7) is 4.67. The first-order valence-electron chi connectivity index (χ1n) is 5.57. The topological polar surface area (TPSA) is 63.4 Å². The minimum Gasteiger partial charge on any atom is -0.340 e. The van der Waals surface area contributed by atoms with Crippen molar-refractivity contribution in [2.45, 2.75) is 26.7 Å². The summed E-state index contributed by atoms with van der Waals surface area (Å²) >= 11 is 1.28. The molecule has 6 nitrogen and oxygen atoms in total. The predicted molar refractivity (Wildman–Crippen MR) is 65.3 cm³/mol. The molecule has 0 aliphatic carbocycles. The lowest BCUT2D eigenvalue weighted by Crippen LogP contribution is -2.27. The Labute approximate surface area is 103 Å². The zero-order chi connectivity index (χ0) is 12.4. The first-order valence-corrected chi connectivity index (χ1v) is 6.39. The van der Waals surface area contributed by atoms with Crippen LogP contribution < -0.4 is 0 Å². The number of nitrogens with zero attached hydrogens (tertiary/aromatic N) is 5. The number of hydrogen-bond acceptors (Lipinski definition) is 5. The maximum atomic E-state index is 12.0. The molecule has 0 aliphatic heterocycles. The van der Waals surface area contributed by atoms with Crippen LogP contribution in [0.4, 0.5) is 0 Å². The molecule has 2 heterocycles. The molecule has 92 valence electrons. The lowest BCUT2D eigenvalue weighted by atomic mass is 10.3. The van der Waals surface area contributed by atoms with Gasteiger partial charge in [-0.3, -0.25) is 4.79 Å². The molecule has 17 heavy (non-hydrogen) atoms. The second-order valence-corrected chi connectivity index (χ2v) is 4.89. The third-order valence-corrected chi connectivity index (χ3v) is 3.41. The van der Waals surface area contributed by atoms with Gasteiger partial charge in [0.15, 0.2) is 5.82 Å². The molecule has 2 rings (SSSR count). The van der Waals surface area contributed by atoms with E-state index in [1.807, 2.05) is 6.92 Å². The van der Waals surface area contributed by atoms with Crippen molar-refractivity contribution in [3.8, 4) is 0 Å². The summed E-state index contributed by atoms with van der Waals surface area (Å²) in [5.74, 6) is 0.653. The lowest BCUT2D eigenvalue weighted by molar-refractivity contribution is 0.0791. The van der Waals surface area contributed by atoms with E-state index in [-0.39, 0.29) is 5.91 Å². The molecule has 0 N–H and O–H groups in total. The molecule has 1 amide bonds. The molecule has 2 aromatic rings. The fourth-order valence-corrected chi connectivity index (χ4v) is 2.34. The van der Waals surface area contributed by atoms with Crippen molar-refractivity contribution in [3.63, 3.8) is 0 Å². The highest BCUT2D eigenvalue weighted by molar-refractivity contribution is 7.18. The molecule has 0 aliphatic rings. The van der Waals surface area contributed by atoms with Crippen LogP contribution in [0.5, 0.6) is 0 Å². The smallest absolute Gasteiger partial charge is 0.284 e. The Morgan fingerprint density at radius 3 is 2.88 bits per heavy atom.